The van der Waals surface area contributed by atoms with Crippen molar-refractivity contribution in [2.75, 3.05) is 31.5 Å². The van der Waals surface area contributed by atoms with Gasteiger partial charge in [0.25, 0.3) is 0 Å². The van der Waals surface area contributed by atoms with Gasteiger partial charge in [-0.2, -0.15) is 12.7 Å². The van der Waals surface area contributed by atoms with Crippen molar-refractivity contribution in [3.8, 4) is 5.75 Å². The molecule has 0 aromatic heterocycles. The molecular weight excluding hydrogens is 314 g/mol. The summed E-state index contributed by atoms with van der Waals surface area (Å²) in [5, 5.41) is 0.434. The van der Waals surface area contributed by atoms with Crippen molar-refractivity contribution in [3.63, 3.8) is 0 Å². The Morgan fingerprint density at radius 2 is 2.10 bits per heavy atom. The molecule has 0 unspecified atom stereocenters. The average molecular weight is 334 g/mol. The average Bonchev–Trinajstić information content (AvgIpc) is 2.49. The number of nitrogens with two attached hydrogens (primary N) is 1. The Balaban J connectivity index is 2.07. The van der Waals surface area contributed by atoms with E-state index in [-0.39, 0.29) is 0 Å². The largest absolute Gasteiger partial charge is 0.495 e. The summed E-state index contributed by atoms with van der Waals surface area (Å²) in [6.45, 7) is 1.58. The van der Waals surface area contributed by atoms with Gasteiger partial charge in [0.2, 0.25) is 0 Å². The van der Waals surface area contributed by atoms with Gasteiger partial charge in [-0.15, -0.1) is 0 Å². The third kappa shape index (κ3) is 4.00. The first kappa shape index (κ1) is 16.4. The molecule has 1 saturated heterocycles. The van der Waals surface area contributed by atoms with Crippen molar-refractivity contribution < 1.29 is 13.2 Å². The molecule has 0 atom stereocenters. The Bertz CT molecular complexity index is 586. The number of nitrogens with one attached hydrogen (secondary N) is 1. The Hall–Kier alpha value is -1.02. The molecule has 0 aliphatic carbocycles. The molecule has 1 heterocycles. The summed E-state index contributed by atoms with van der Waals surface area (Å²) in [6.07, 6.45) is 1.59. The first-order valence-corrected chi connectivity index (χ1v) is 8.59. The zero-order valence-electron chi connectivity index (χ0n) is 11.9. The second-order valence-electron chi connectivity index (χ2n) is 5.03. The number of hydrogen-bond donors (Lipinski definition) is 2. The molecule has 118 valence electrons. The predicted molar refractivity (Wildman–Crippen MR) is 83.9 cm³/mol. The van der Waals surface area contributed by atoms with E-state index in [1.807, 2.05) is 0 Å². The number of halogens is 1. The van der Waals surface area contributed by atoms with Crippen LogP contribution in [0.4, 0.5) is 5.69 Å². The van der Waals surface area contributed by atoms with Crippen LogP contribution in [0, 0.1) is 5.92 Å². The van der Waals surface area contributed by atoms with E-state index >= 15 is 0 Å². The zero-order chi connectivity index (χ0) is 15.5. The van der Waals surface area contributed by atoms with Crippen molar-refractivity contribution >= 4 is 27.5 Å². The monoisotopic (exact) mass is 333 g/mol. The van der Waals surface area contributed by atoms with Gasteiger partial charge >= 0.3 is 10.2 Å². The minimum Gasteiger partial charge on any atom is -0.495 e. The van der Waals surface area contributed by atoms with E-state index in [1.54, 1.807) is 18.2 Å². The molecule has 3 N–H and O–H groups in total. The molecule has 2 rings (SSSR count). The highest BCUT2D eigenvalue weighted by Gasteiger charge is 2.27. The number of hydrogen-bond acceptors (Lipinski definition) is 4. The van der Waals surface area contributed by atoms with Crippen LogP contribution >= 0.6 is 11.6 Å². The lowest BCUT2D eigenvalue weighted by Gasteiger charge is -2.30. The number of anilines is 1. The highest BCUT2D eigenvalue weighted by Crippen LogP contribution is 2.28. The fourth-order valence-electron chi connectivity index (χ4n) is 2.32. The van der Waals surface area contributed by atoms with E-state index in [9.17, 15) is 8.42 Å². The van der Waals surface area contributed by atoms with Crippen LogP contribution in [-0.2, 0) is 10.2 Å². The zero-order valence-corrected chi connectivity index (χ0v) is 13.5. The lowest BCUT2D eigenvalue weighted by molar-refractivity contribution is 0.280. The Morgan fingerprint density at radius 1 is 1.43 bits per heavy atom. The third-order valence-electron chi connectivity index (χ3n) is 3.64. The van der Waals surface area contributed by atoms with Crippen LogP contribution in [0.1, 0.15) is 12.8 Å². The topological polar surface area (TPSA) is 84.7 Å². The molecular formula is C13H20ClN3O3S. The van der Waals surface area contributed by atoms with Crippen molar-refractivity contribution in [2.45, 2.75) is 12.8 Å². The number of rotatable bonds is 5. The second kappa shape index (κ2) is 6.83. The van der Waals surface area contributed by atoms with Crippen LogP contribution < -0.4 is 15.2 Å². The Labute approximate surface area is 130 Å². The van der Waals surface area contributed by atoms with Gasteiger partial charge in [-0.05, 0) is 37.4 Å². The molecule has 0 amide bonds. The molecule has 1 fully saturated rings. The molecule has 8 heteroatoms. The highest BCUT2D eigenvalue weighted by atomic mass is 35.5. The van der Waals surface area contributed by atoms with E-state index in [4.69, 9.17) is 22.1 Å². The number of benzene rings is 1. The fraction of sp³-hybridized carbons (Fsp3) is 0.538. The molecule has 1 aliphatic heterocycles. The van der Waals surface area contributed by atoms with Crippen LogP contribution in [0.25, 0.3) is 0 Å². The van der Waals surface area contributed by atoms with Gasteiger partial charge in [0.15, 0.2) is 0 Å². The molecule has 0 saturated carbocycles. The predicted octanol–water partition coefficient (Wildman–Crippen LogP) is 1.68. The number of piperidine rings is 1. The van der Waals surface area contributed by atoms with E-state index in [1.165, 1.54) is 11.4 Å². The van der Waals surface area contributed by atoms with Gasteiger partial charge in [-0.3, -0.25) is 4.72 Å². The van der Waals surface area contributed by atoms with Crippen molar-refractivity contribution in [1.82, 2.24) is 4.31 Å². The number of nitrogens with zero attached hydrogens (tertiary/aromatic N) is 1. The number of methoxy groups -OCH3 is 1. The minimum atomic E-state index is -3.56. The molecule has 6 nitrogen and oxygen atoms in total. The van der Waals surface area contributed by atoms with Gasteiger partial charge in [0.1, 0.15) is 5.75 Å². The van der Waals surface area contributed by atoms with Gasteiger partial charge in [0, 0.05) is 19.2 Å². The van der Waals surface area contributed by atoms with E-state index in [0.29, 0.717) is 42.0 Å². The van der Waals surface area contributed by atoms with Crippen LogP contribution in [-0.4, -0.2) is 39.5 Å². The summed E-state index contributed by atoms with van der Waals surface area (Å²) in [5.74, 6) is 0.839. The first-order chi connectivity index (χ1) is 9.96. The normalized spacial score (nSPS) is 17.7. The lowest BCUT2D eigenvalue weighted by atomic mass is 9.99. The summed E-state index contributed by atoms with van der Waals surface area (Å²) in [7, 11) is -2.08. The summed E-state index contributed by atoms with van der Waals surface area (Å²) in [6, 6.07) is 4.76. The van der Waals surface area contributed by atoms with Gasteiger partial charge in [0.05, 0.1) is 17.8 Å². The highest BCUT2D eigenvalue weighted by molar-refractivity contribution is 7.90. The first-order valence-electron chi connectivity index (χ1n) is 6.77. The number of ether oxygens (including phenoxy) is 1. The summed E-state index contributed by atoms with van der Waals surface area (Å²) in [4.78, 5) is 0. The third-order valence-corrected chi connectivity index (χ3v) is 5.50. The maximum atomic E-state index is 12.3. The smallest absolute Gasteiger partial charge is 0.301 e. The van der Waals surface area contributed by atoms with Gasteiger partial charge in [-0.25, -0.2) is 0 Å². The molecule has 1 aliphatic rings. The maximum absolute atomic E-state index is 12.3. The van der Waals surface area contributed by atoms with E-state index in [2.05, 4.69) is 4.72 Å². The summed E-state index contributed by atoms with van der Waals surface area (Å²) in [5.41, 5.74) is 6.05. The lowest BCUT2D eigenvalue weighted by Crippen LogP contribution is -2.42. The molecule has 1 aromatic rings. The molecule has 0 spiro atoms. The summed E-state index contributed by atoms with van der Waals surface area (Å²) >= 11 is 5.92. The molecule has 0 radical (unpaired) electrons. The van der Waals surface area contributed by atoms with Crippen LogP contribution in [0.15, 0.2) is 18.2 Å². The standard InChI is InChI=1S/C13H20ClN3O3S/c1-20-13-8-11(2-3-12(13)14)16-21(18,19)17-6-4-10(9-15)5-7-17/h2-3,8,10,16H,4-7,9,15H2,1H3. The van der Waals surface area contributed by atoms with Crippen molar-refractivity contribution in [1.29, 1.82) is 0 Å². The van der Waals surface area contributed by atoms with Crippen LogP contribution in [0.3, 0.4) is 0 Å². The minimum absolute atomic E-state index is 0.409. The van der Waals surface area contributed by atoms with Gasteiger partial charge in [-0.1, -0.05) is 11.6 Å². The molecule has 0 bridgehead atoms. The Kier molecular flexibility index (Phi) is 5.32. The second-order valence-corrected chi connectivity index (χ2v) is 7.11. The van der Waals surface area contributed by atoms with Gasteiger partial charge < -0.3 is 10.5 Å². The SMILES string of the molecule is COc1cc(NS(=O)(=O)N2CCC(CN)CC2)ccc1Cl. The Morgan fingerprint density at radius 3 is 2.67 bits per heavy atom. The quantitative estimate of drug-likeness (QED) is 0.858. The van der Waals surface area contributed by atoms with Crippen LogP contribution in [0.2, 0.25) is 5.02 Å². The molecule has 21 heavy (non-hydrogen) atoms. The van der Waals surface area contributed by atoms with E-state index < -0.39 is 10.2 Å². The van der Waals surface area contributed by atoms with Crippen LogP contribution in [0.5, 0.6) is 5.75 Å². The maximum Gasteiger partial charge on any atom is 0.301 e. The van der Waals surface area contributed by atoms with E-state index in [0.717, 1.165) is 12.8 Å². The van der Waals surface area contributed by atoms with Crippen molar-refractivity contribution in [3.05, 3.63) is 23.2 Å². The van der Waals surface area contributed by atoms with Crippen molar-refractivity contribution in [2.24, 2.45) is 11.7 Å². The summed E-state index contributed by atoms with van der Waals surface area (Å²) < 4.78 is 33.8. The fourth-order valence-corrected chi connectivity index (χ4v) is 3.76. The molecule has 1 aromatic carbocycles.